The van der Waals surface area contributed by atoms with Gasteiger partial charge < -0.3 is 60.5 Å². The maximum atomic E-state index is 14.4. The van der Waals surface area contributed by atoms with Crippen molar-refractivity contribution in [2.75, 3.05) is 132 Å². The van der Waals surface area contributed by atoms with Gasteiger partial charge in [-0.25, -0.2) is 23.1 Å². The van der Waals surface area contributed by atoms with E-state index in [4.69, 9.17) is 10.5 Å². The first-order valence-corrected chi connectivity index (χ1v) is 22.3. The van der Waals surface area contributed by atoms with E-state index in [9.17, 15) is 32.3 Å². The number of ether oxygens (including phenoxy) is 1. The lowest BCUT2D eigenvalue weighted by molar-refractivity contribution is -0.132. The monoisotopic (exact) mass is 913 g/mol. The maximum Gasteiger partial charge on any atom is 0.281 e. The quantitative estimate of drug-likeness (QED) is 0.0892. The van der Waals surface area contributed by atoms with Gasteiger partial charge in [0.25, 0.3) is 6.43 Å². The number of alkyl halides is 2. The molecule has 65 heavy (non-hydrogen) atoms. The second-order valence-electron chi connectivity index (χ2n) is 16.0. The minimum Gasteiger partial charge on any atom is -0.383 e. The first-order valence-electron chi connectivity index (χ1n) is 22.3. The Hall–Kier alpha value is -5.74. The van der Waals surface area contributed by atoms with Crippen molar-refractivity contribution in [3.8, 4) is 11.4 Å². The van der Waals surface area contributed by atoms with Crippen molar-refractivity contribution in [1.82, 2.24) is 44.9 Å². The number of halogens is 3. The lowest BCUT2D eigenvalue weighted by atomic mass is 10.1. The molecule has 5 heterocycles. The number of piperazine rings is 2. The first-order chi connectivity index (χ1) is 31.5. The highest BCUT2D eigenvalue weighted by Crippen LogP contribution is 2.30. The van der Waals surface area contributed by atoms with Gasteiger partial charge in [-0.2, -0.15) is 15.0 Å². The zero-order valence-corrected chi connectivity index (χ0v) is 37.4. The Bertz CT molecular complexity index is 1980. The van der Waals surface area contributed by atoms with Gasteiger partial charge in [0.2, 0.25) is 29.7 Å². The van der Waals surface area contributed by atoms with Crippen LogP contribution in [-0.4, -0.2) is 176 Å². The van der Waals surface area contributed by atoms with E-state index in [0.717, 1.165) is 45.0 Å². The molecule has 1 unspecified atom stereocenters. The third kappa shape index (κ3) is 16.0. The van der Waals surface area contributed by atoms with Crippen LogP contribution in [0.2, 0.25) is 0 Å². The molecule has 3 aliphatic heterocycles. The van der Waals surface area contributed by atoms with Gasteiger partial charge in [-0.1, -0.05) is 12.8 Å². The van der Waals surface area contributed by atoms with Crippen molar-refractivity contribution in [2.45, 2.75) is 63.8 Å². The van der Waals surface area contributed by atoms with Crippen LogP contribution in [0.15, 0.2) is 24.4 Å². The molecule has 19 nitrogen and oxygen atoms in total. The Balaban J connectivity index is 0.000000245. The van der Waals surface area contributed by atoms with Crippen LogP contribution in [0.4, 0.5) is 42.4 Å². The molecule has 0 spiro atoms. The van der Waals surface area contributed by atoms with Crippen LogP contribution in [0.1, 0.15) is 63.5 Å². The Morgan fingerprint density at radius 1 is 0.877 bits per heavy atom. The number of hydrogen-bond donors (Lipinski definition) is 4. The van der Waals surface area contributed by atoms with Gasteiger partial charge in [-0.15, -0.1) is 0 Å². The molecule has 3 aliphatic rings. The van der Waals surface area contributed by atoms with Crippen LogP contribution < -0.4 is 31.5 Å². The van der Waals surface area contributed by atoms with E-state index in [1.165, 1.54) is 44.7 Å². The number of benzene rings is 1. The van der Waals surface area contributed by atoms with E-state index in [0.29, 0.717) is 82.2 Å². The fourth-order valence-corrected chi connectivity index (χ4v) is 7.42. The lowest BCUT2D eigenvalue weighted by Gasteiger charge is -2.35. The molecule has 6 rings (SSSR count). The van der Waals surface area contributed by atoms with E-state index in [1.807, 2.05) is 9.80 Å². The van der Waals surface area contributed by atoms with Gasteiger partial charge in [0.15, 0.2) is 5.82 Å². The SMILES string of the molecule is CNC(=O)CCC(C=O)Nc1ccc(NCCCCCCN2CCN(C)CC2)c(F)c1.Nc1ncc(-c2nc(N3CCOCC3)nc(N3CCN(C(=O)CCC=O)CC3)n2)c(C(F)F)n1. The van der Waals surface area contributed by atoms with Crippen LogP contribution in [0.25, 0.3) is 11.4 Å². The highest BCUT2D eigenvalue weighted by atomic mass is 19.3. The number of nitrogens with one attached hydrogen (secondary N) is 3. The zero-order valence-electron chi connectivity index (χ0n) is 37.4. The fourth-order valence-electron chi connectivity index (χ4n) is 7.42. The van der Waals surface area contributed by atoms with E-state index in [-0.39, 0.29) is 54.2 Å². The molecule has 1 atom stereocenters. The van der Waals surface area contributed by atoms with Crippen molar-refractivity contribution in [1.29, 1.82) is 0 Å². The van der Waals surface area contributed by atoms with Crippen LogP contribution >= 0.6 is 0 Å². The molecular weight excluding hydrogens is 850 g/mol. The first kappa shape index (κ1) is 50.3. The molecule has 0 saturated carbocycles. The number of nitrogens with two attached hydrogens (primary N) is 1. The third-order valence-electron chi connectivity index (χ3n) is 11.3. The van der Waals surface area contributed by atoms with Crippen molar-refractivity contribution < 1.29 is 37.1 Å². The second-order valence-corrected chi connectivity index (χ2v) is 16.0. The van der Waals surface area contributed by atoms with Gasteiger partial charge in [-0.3, -0.25) is 9.59 Å². The number of carbonyl (C=O) groups is 4. The number of nitrogen functional groups attached to an aromatic ring is 1. The normalized spacial score (nSPS) is 16.4. The zero-order chi connectivity index (χ0) is 46.6. The molecule has 22 heteroatoms. The average molecular weight is 913 g/mol. The van der Waals surface area contributed by atoms with Gasteiger partial charge >= 0.3 is 0 Å². The number of aromatic nitrogens is 5. The van der Waals surface area contributed by atoms with Gasteiger partial charge in [0.05, 0.1) is 30.5 Å². The molecule has 356 valence electrons. The number of carbonyl (C=O) groups excluding carboxylic acids is 4. The summed E-state index contributed by atoms with van der Waals surface area (Å²) in [4.78, 5) is 76.7. The number of nitrogens with zero attached hydrogens (tertiary/aromatic N) is 10. The van der Waals surface area contributed by atoms with Gasteiger partial charge in [-0.05, 0) is 51.1 Å². The number of likely N-dealkylation sites (N-methyl/N-ethyl adjacent to an activating group) is 1. The summed E-state index contributed by atoms with van der Waals surface area (Å²) in [5, 5.41) is 8.65. The van der Waals surface area contributed by atoms with Crippen molar-refractivity contribution in [3.63, 3.8) is 0 Å². The van der Waals surface area contributed by atoms with Crippen LogP contribution in [0.5, 0.6) is 0 Å². The summed E-state index contributed by atoms with van der Waals surface area (Å²) in [6.07, 6.45) is 5.29. The van der Waals surface area contributed by atoms with E-state index >= 15 is 0 Å². The van der Waals surface area contributed by atoms with Gasteiger partial charge in [0, 0.05) is 110 Å². The molecule has 2 aromatic heterocycles. The third-order valence-corrected chi connectivity index (χ3v) is 11.3. The molecule has 2 amide bonds. The topological polar surface area (TPSA) is 220 Å². The summed E-state index contributed by atoms with van der Waals surface area (Å²) in [5.74, 6) is -0.163. The highest BCUT2D eigenvalue weighted by molar-refractivity contribution is 5.78. The summed E-state index contributed by atoms with van der Waals surface area (Å²) < 4.78 is 47.2. The molecule has 0 bridgehead atoms. The summed E-state index contributed by atoms with van der Waals surface area (Å²) in [6, 6.07) is 4.29. The molecule has 3 saturated heterocycles. The number of hydrogen-bond acceptors (Lipinski definition) is 17. The van der Waals surface area contributed by atoms with Crippen molar-refractivity contribution >= 4 is 53.6 Å². The minimum absolute atomic E-state index is 0.0197. The summed E-state index contributed by atoms with van der Waals surface area (Å²) in [7, 11) is 3.73. The highest BCUT2D eigenvalue weighted by Gasteiger charge is 2.27. The van der Waals surface area contributed by atoms with Crippen LogP contribution in [0, 0.1) is 5.82 Å². The molecule has 5 N–H and O–H groups in total. The number of morpholine rings is 1. The number of amides is 2. The lowest BCUT2D eigenvalue weighted by Crippen LogP contribution is -2.49. The summed E-state index contributed by atoms with van der Waals surface area (Å²) in [5.41, 5.74) is 5.94. The van der Waals surface area contributed by atoms with Gasteiger partial charge in [0.1, 0.15) is 24.1 Å². The maximum absolute atomic E-state index is 14.4. The predicted octanol–water partition coefficient (Wildman–Crippen LogP) is 2.86. The van der Waals surface area contributed by atoms with Crippen LogP contribution in [-0.2, 0) is 23.9 Å². The molecule has 0 aliphatic carbocycles. The Morgan fingerprint density at radius 3 is 2.22 bits per heavy atom. The average Bonchev–Trinajstić information content (AvgIpc) is 3.33. The largest absolute Gasteiger partial charge is 0.383 e. The summed E-state index contributed by atoms with van der Waals surface area (Å²) in [6.45, 7) is 10.4. The second kappa shape index (κ2) is 26.3. The fraction of sp³-hybridized carbons (Fsp3) is 0.605. The number of unbranched alkanes of at least 4 members (excludes halogenated alkanes) is 3. The predicted molar refractivity (Wildman–Crippen MR) is 241 cm³/mol. The standard InChI is InChI=1S/C23H38FN5O2.C20H25F2N9O3/c1-25-23(31)10-8-20(18-30)27-19-7-9-22(21(24)17-19)26-11-5-3-4-6-12-29-15-13-28(2)14-16-29;21-16(22)15-13(12-24-18(23)25-15)17-26-19(28-20(27-17)31-7-10-34-11-8-31)30-5-3-29(4-6-30)14(33)2-1-9-32/h7,9,17-18,20,26-27H,3-6,8,10-16H2,1-2H3,(H,25,31);9,12,16H,1-8,10-11H2,(H2,23,24,25). The van der Waals surface area contributed by atoms with Crippen molar-refractivity contribution in [2.24, 2.45) is 0 Å². The molecule has 1 aromatic carbocycles. The molecular formula is C43H63F3N14O5. The van der Waals surface area contributed by atoms with Crippen LogP contribution in [0.3, 0.4) is 0 Å². The number of aldehydes is 2. The Morgan fingerprint density at radius 2 is 1.57 bits per heavy atom. The van der Waals surface area contributed by atoms with E-state index < -0.39 is 18.2 Å². The Kier molecular flexibility index (Phi) is 20.3. The number of rotatable bonds is 21. The summed E-state index contributed by atoms with van der Waals surface area (Å²) >= 11 is 0. The Labute approximate surface area is 378 Å². The number of anilines is 5. The van der Waals surface area contributed by atoms with Crippen molar-refractivity contribution in [3.05, 3.63) is 35.9 Å². The van der Waals surface area contributed by atoms with E-state index in [2.05, 4.69) is 57.7 Å². The molecule has 3 fully saturated rings. The minimum atomic E-state index is -2.90. The smallest absolute Gasteiger partial charge is 0.281 e. The van der Waals surface area contributed by atoms with E-state index in [1.54, 1.807) is 24.1 Å². The molecule has 3 aromatic rings. The molecule has 0 radical (unpaired) electrons.